The zero-order valence-electron chi connectivity index (χ0n) is 14.9. The highest BCUT2D eigenvalue weighted by Crippen LogP contribution is 2.47. The molecular formula is C23H16N2O2S. The Kier molecular flexibility index (Phi) is 4.26. The van der Waals surface area contributed by atoms with Gasteiger partial charge in [-0.05, 0) is 40.1 Å². The second kappa shape index (κ2) is 6.64. The second-order valence-electron chi connectivity index (χ2n) is 6.87. The first-order valence-electron chi connectivity index (χ1n) is 8.83. The van der Waals surface area contributed by atoms with Crippen molar-refractivity contribution >= 4 is 26.2 Å². The van der Waals surface area contributed by atoms with Crippen molar-refractivity contribution in [3.05, 3.63) is 84.4 Å². The molecular weight excluding hydrogens is 368 g/mol. The van der Waals surface area contributed by atoms with Crippen LogP contribution in [-0.2, 0) is 9.84 Å². The first-order valence-corrected chi connectivity index (χ1v) is 10.4. The van der Waals surface area contributed by atoms with Crippen LogP contribution in [0.2, 0.25) is 0 Å². The molecule has 0 heterocycles. The van der Waals surface area contributed by atoms with Gasteiger partial charge in [-0.3, -0.25) is 0 Å². The van der Waals surface area contributed by atoms with Crippen LogP contribution in [0.25, 0.3) is 16.3 Å². The van der Waals surface area contributed by atoms with Gasteiger partial charge in [0.2, 0.25) is 0 Å². The topological polar surface area (TPSA) is 81.7 Å². The van der Waals surface area contributed by atoms with Gasteiger partial charge in [-0.1, -0.05) is 60.7 Å². The van der Waals surface area contributed by atoms with E-state index in [1.165, 1.54) is 12.1 Å². The van der Waals surface area contributed by atoms with Crippen molar-refractivity contribution in [2.45, 2.75) is 16.6 Å². The standard InChI is InChI=1S/C23H16N2O2S/c24-15-23(16-25)14-21(28(26,27)20-8-2-1-3-9-20)13-22(23)19-11-10-17-6-4-5-7-18(17)12-19/h1-13,21H,14H2. The van der Waals surface area contributed by atoms with E-state index in [0.717, 1.165) is 10.8 Å². The molecule has 0 spiro atoms. The molecule has 136 valence electrons. The first kappa shape index (κ1) is 18.0. The van der Waals surface area contributed by atoms with Crippen LogP contribution < -0.4 is 0 Å². The van der Waals surface area contributed by atoms with Crippen LogP contribution in [0.3, 0.4) is 0 Å². The molecule has 28 heavy (non-hydrogen) atoms. The van der Waals surface area contributed by atoms with Crippen LogP contribution in [0.5, 0.6) is 0 Å². The Labute approximate surface area is 163 Å². The lowest BCUT2D eigenvalue weighted by Crippen LogP contribution is -2.23. The van der Waals surface area contributed by atoms with E-state index in [4.69, 9.17) is 0 Å². The summed E-state index contributed by atoms with van der Waals surface area (Å²) in [5.41, 5.74) is -0.324. The number of hydrogen-bond acceptors (Lipinski definition) is 4. The Morgan fingerprint density at radius 1 is 0.857 bits per heavy atom. The molecule has 0 saturated carbocycles. The molecule has 0 radical (unpaired) electrons. The van der Waals surface area contributed by atoms with Crippen molar-refractivity contribution in [3.8, 4) is 12.1 Å². The van der Waals surface area contributed by atoms with Gasteiger partial charge < -0.3 is 0 Å². The Hall–Kier alpha value is -3.41. The zero-order chi connectivity index (χ0) is 19.8. The van der Waals surface area contributed by atoms with Crippen LogP contribution >= 0.6 is 0 Å². The van der Waals surface area contributed by atoms with Gasteiger partial charge in [0, 0.05) is 6.42 Å². The number of nitriles is 2. The fourth-order valence-corrected chi connectivity index (χ4v) is 5.39. The third-order valence-electron chi connectivity index (χ3n) is 5.23. The molecule has 4 nitrogen and oxygen atoms in total. The van der Waals surface area contributed by atoms with Gasteiger partial charge in [-0.25, -0.2) is 8.42 Å². The van der Waals surface area contributed by atoms with E-state index in [0.29, 0.717) is 11.1 Å². The van der Waals surface area contributed by atoms with Crippen molar-refractivity contribution < 1.29 is 8.42 Å². The molecule has 1 aliphatic carbocycles. The molecule has 3 aromatic carbocycles. The summed E-state index contributed by atoms with van der Waals surface area (Å²) in [5, 5.41) is 20.7. The summed E-state index contributed by atoms with van der Waals surface area (Å²) in [6.45, 7) is 0. The summed E-state index contributed by atoms with van der Waals surface area (Å²) >= 11 is 0. The van der Waals surface area contributed by atoms with E-state index < -0.39 is 20.5 Å². The largest absolute Gasteiger partial charge is 0.223 e. The number of fused-ring (bicyclic) bond motifs is 1. The van der Waals surface area contributed by atoms with Crippen molar-refractivity contribution in [1.29, 1.82) is 10.5 Å². The van der Waals surface area contributed by atoms with Crippen LogP contribution in [0.15, 0.2) is 83.8 Å². The monoisotopic (exact) mass is 384 g/mol. The predicted octanol–water partition coefficient (Wildman–Crippen LogP) is 4.50. The average Bonchev–Trinajstić information content (AvgIpc) is 3.15. The van der Waals surface area contributed by atoms with Gasteiger partial charge in [0.15, 0.2) is 15.3 Å². The molecule has 0 aromatic heterocycles. The summed E-state index contributed by atoms with van der Waals surface area (Å²) < 4.78 is 26.2. The maximum Gasteiger partial charge on any atom is 0.184 e. The fourth-order valence-electron chi connectivity index (χ4n) is 3.72. The van der Waals surface area contributed by atoms with Crippen LogP contribution in [0, 0.1) is 28.1 Å². The lowest BCUT2D eigenvalue weighted by molar-refractivity contribution is 0.572. The predicted molar refractivity (Wildman–Crippen MR) is 108 cm³/mol. The van der Waals surface area contributed by atoms with Crippen LogP contribution in [-0.4, -0.2) is 13.7 Å². The maximum absolute atomic E-state index is 13.1. The zero-order valence-corrected chi connectivity index (χ0v) is 15.7. The molecule has 1 unspecified atom stereocenters. The molecule has 3 aromatic rings. The number of allylic oxidation sites excluding steroid dienone is 1. The SMILES string of the molecule is N#CC1(C#N)CC(S(=O)(=O)c2ccccc2)C=C1c1ccc2ccccc2c1. The third kappa shape index (κ3) is 2.78. The van der Waals surface area contributed by atoms with Crippen molar-refractivity contribution in [1.82, 2.24) is 0 Å². The molecule has 1 atom stereocenters. The van der Waals surface area contributed by atoms with Crippen molar-refractivity contribution in [3.63, 3.8) is 0 Å². The highest BCUT2D eigenvalue weighted by atomic mass is 32.2. The van der Waals surface area contributed by atoms with Gasteiger partial charge in [0.25, 0.3) is 0 Å². The van der Waals surface area contributed by atoms with E-state index in [2.05, 4.69) is 12.1 Å². The number of benzene rings is 3. The van der Waals surface area contributed by atoms with E-state index >= 15 is 0 Å². The van der Waals surface area contributed by atoms with Gasteiger partial charge in [-0.2, -0.15) is 10.5 Å². The minimum Gasteiger partial charge on any atom is -0.223 e. The number of sulfone groups is 1. The van der Waals surface area contributed by atoms with E-state index in [9.17, 15) is 18.9 Å². The van der Waals surface area contributed by atoms with E-state index in [-0.39, 0.29) is 11.3 Å². The molecule has 0 bridgehead atoms. The lowest BCUT2D eigenvalue weighted by atomic mass is 9.80. The minimum atomic E-state index is -3.69. The van der Waals surface area contributed by atoms with E-state index in [1.807, 2.05) is 42.5 Å². The number of nitrogens with zero attached hydrogens (tertiary/aromatic N) is 2. The summed E-state index contributed by atoms with van der Waals surface area (Å²) in [6, 6.07) is 25.8. The molecule has 0 fully saturated rings. The summed E-state index contributed by atoms with van der Waals surface area (Å²) in [4.78, 5) is 0.195. The molecule has 0 N–H and O–H groups in total. The van der Waals surface area contributed by atoms with Crippen LogP contribution in [0.1, 0.15) is 12.0 Å². The second-order valence-corrected chi connectivity index (χ2v) is 9.04. The summed E-state index contributed by atoms with van der Waals surface area (Å²) in [5.74, 6) is 0. The van der Waals surface area contributed by atoms with Gasteiger partial charge in [0.05, 0.1) is 22.3 Å². The maximum atomic E-state index is 13.1. The Morgan fingerprint density at radius 2 is 1.50 bits per heavy atom. The van der Waals surface area contributed by atoms with Crippen molar-refractivity contribution in [2.24, 2.45) is 5.41 Å². The molecule has 5 heteroatoms. The van der Waals surface area contributed by atoms with Gasteiger partial charge >= 0.3 is 0 Å². The number of rotatable bonds is 3. The number of hydrogen-bond donors (Lipinski definition) is 0. The first-order chi connectivity index (χ1) is 13.5. The van der Waals surface area contributed by atoms with Gasteiger partial charge in [0.1, 0.15) is 0 Å². The van der Waals surface area contributed by atoms with Crippen LogP contribution in [0.4, 0.5) is 0 Å². The summed E-state index contributed by atoms with van der Waals surface area (Å²) in [7, 11) is -3.69. The van der Waals surface area contributed by atoms with Gasteiger partial charge in [-0.15, -0.1) is 0 Å². The van der Waals surface area contributed by atoms with E-state index in [1.54, 1.807) is 24.3 Å². The lowest BCUT2D eigenvalue weighted by Gasteiger charge is -2.18. The summed E-state index contributed by atoms with van der Waals surface area (Å²) in [6.07, 6.45) is 1.51. The Bertz CT molecular complexity index is 1270. The highest BCUT2D eigenvalue weighted by molar-refractivity contribution is 7.92. The Morgan fingerprint density at radius 3 is 2.18 bits per heavy atom. The fraction of sp³-hybridized carbons (Fsp3) is 0.130. The third-order valence-corrected chi connectivity index (χ3v) is 7.26. The quantitative estimate of drug-likeness (QED) is 0.665. The highest BCUT2D eigenvalue weighted by Gasteiger charge is 2.47. The minimum absolute atomic E-state index is 0.0701. The smallest absolute Gasteiger partial charge is 0.184 e. The molecule has 0 amide bonds. The normalized spacial score (nSPS) is 18.2. The molecule has 0 saturated heterocycles. The molecule has 1 aliphatic rings. The molecule has 0 aliphatic heterocycles. The molecule has 4 rings (SSSR count). The Balaban J connectivity index is 1.86. The average molecular weight is 384 g/mol. The van der Waals surface area contributed by atoms with Crippen molar-refractivity contribution in [2.75, 3.05) is 0 Å².